The number of nitrogens with one attached hydrogen (secondary N) is 2. The van der Waals surface area contributed by atoms with Crippen molar-refractivity contribution in [3.63, 3.8) is 0 Å². The summed E-state index contributed by atoms with van der Waals surface area (Å²) in [6, 6.07) is 10.5. The van der Waals surface area contributed by atoms with E-state index in [4.69, 9.17) is 14.2 Å². The Morgan fingerprint density at radius 3 is 2.52 bits per heavy atom. The number of carbonyl (C=O) groups is 3. The Hall–Kier alpha value is -3.59. The zero-order valence-corrected chi connectivity index (χ0v) is 15.6. The number of methoxy groups -OCH3 is 1. The van der Waals surface area contributed by atoms with Crippen LogP contribution in [-0.2, 0) is 9.59 Å². The van der Waals surface area contributed by atoms with E-state index in [1.54, 1.807) is 42.5 Å². The largest absolute Gasteiger partial charge is 0.497 e. The first-order valence-corrected chi connectivity index (χ1v) is 9.03. The van der Waals surface area contributed by atoms with Gasteiger partial charge in [-0.05, 0) is 36.4 Å². The van der Waals surface area contributed by atoms with E-state index in [1.807, 2.05) is 0 Å². The summed E-state index contributed by atoms with van der Waals surface area (Å²) in [5.74, 6) is 0.426. The van der Waals surface area contributed by atoms with E-state index in [0.29, 0.717) is 41.7 Å². The molecule has 0 saturated carbocycles. The minimum atomic E-state index is -0.863. The number of hydrazine groups is 1. The molecule has 0 aromatic heterocycles. The molecule has 2 heterocycles. The predicted octanol–water partition coefficient (Wildman–Crippen LogP) is 1.03. The fraction of sp³-hybridized carbons (Fsp3) is 0.250. The Bertz CT molecular complexity index is 959. The molecule has 2 aliphatic rings. The van der Waals surface area contributed by atoms with E-state index < -0.39 is 17.9 Å². The van der Waals surface area contributed by atoms with Gasteiger partial charge in [0.2, 0.25) is 5.91 Å². The number of imide groups is 1. The predicted molar refractivity (Wildman–Crippen MR) is 102 cm³/mol. The molecule has 2 aromatic rings. The maximum Gasteiger partial charge on any atom is 0.265 e. The molecule has 9 heteroatoms. The van der Waals surface area contributed by atoms with Crippen molar-refractivity contribution in [2.24, 2.45) is 0 Å². The molecule has 1 fully saturated rings. The molecule has 0 spiro atoms. The van der Waals surface area contributed by atoms with Crippen LogP contribution in [0.5, 0.6) is 17.2 Å². The molecule has 9 nitrogen and oxygen atoms in total. The third-order valence-electron chi connectivity index (χ3n) is 4.64. The first-order valence-electron chi connectivity index (χ1n) is 9.03. The van der Waals surface area contributed by atoms with E-state index in [1.165, 1.54) is 7.11 Å². The van der Waals surface area contributed by atoms with E-state index in [2.05, 4.69) is 10.9 Å². The first kappa shape index (κ1) is 18.8. The van der Waals surface area contributed by atoms with Gasteiger partial charge in [0.1, 0.15) is 25.0 Å². The summed E-state index contributed by atoms with van der Waals surface area (Å²) in [5, 5.41) is 0. The third-order valence-corrected chi connectivity index (χ3v) is 4.64. The van der Waals surface area contributed by atoms with Crippen molar-refractivity contribution in [3.05, 3.63) is 48.0 Å². The molecule has 150 valence electrons. The summed E-state index contributed by atoms with van der Waals surface area (Å²) in [6.45, 7) is 0.855. The number of carbonyl (C=O) groups excluding carboxylic acids is 3. The fourth-order valence-corrected chi connectivity index (χ4v) is 3.15. The zero-order valence-electron chi connectivity index (χ0n) is 15.6. The molecule has 1 saturated heterocycles. The van der Waals surface area contributed by atoms with Crippen molar-refractivity contribution in [3.8, 4) is 17.2 Å². The van der Waals surface area contributed by atoms with Crippen LogP contribution in [0, 0.1) is 0 Å². The van der Waals surface area contributed by atoms with Gasteiger partial charge < -0.3 is 14.2 Å². The molecule has 2 aliphatic heterocycles. The van der Waals surface area contributed by atoms with Crippen LogP contribution in [0.3, 0.4) is 0 Å². The van der Waals surface area contributed by atoms with E-state index in [9.17, 15) is 14.4 Å². The van der Waals surface area contributed by atoms with Crippen molar-refractivity contribution >= 4 is 23.4 Å². The lowest BCUT2D eigenvalue weighted by atomic mass is 10.2. The molecule has 3 amide bonds. The quantitative estimate of drug-likeness (QED) is 0.573. The number of benzene rings is 2. The summed E-state index contributed by atoms with van der Waals surface area (Å²) < 4.78 is 16.0. The van der Waals surface area contributed by atoms with Gasteiger partial charge >= 0.3 is 0 Å². The molecule has 2 N–H and O–H groups in total. The second-order valence-corrected chi connectivity index (χ2v) is 6.48. The standard InChI is InChI=1S/C20H19N3O6/c1-27-14-5-2-12(3-6-14)19(25)22-21-15-11-18(24)23(20(15)26)13-4-7-16-17(10-13)29-9-8-28-16/h2-7,10,15,21H,8-9,11H2,1H3,(H,22,25)/t15-/m1/s1. The van der Waals surface area contributed by atoms with Crippen molar-refractivity contribution in [2.45, 2.75) is 12.5 Å². The van der Waals surface area contributed by atoms with Crippen molar-refractivity contribution in [2.75, 3.05) is 25.2 Å². The minimum absolute atomic E-state index is 0.0732. The fourth-order valence-electron chi connectivity index (χ4n) is 3.15. The molecule has 0 aliphatic carbocycles. The average molecular weight is 397 g/mol. The molecule has 0 radical (unpaired) electrons. The number of hydrogen-bond acceptors (Lipinski definition) is 7. The summed E-state index contributed by atoms with van der Waals surface area (Å²) in [6.07, 6.45) is -0.0732. The van der Waals surface area contributed by atoms with Crippen LogP contribution in [-0.4, -0.2) is 44.1 Å². The van der Waals surface area contributed by atoms with Crippen molar-refractivity contribution < 1.29 is 28.6 Å². The Labute approximate surface area is 166 Å². The van der Waals surface area contributed by atoms with E-state index >= 15 is 0 Å². The van der Waals surface area contributed by atoms with Gasteiger partial charge in [-0.25, -0.2) is 10.3 Å². The lowest BCUT2D eigenvalue weighted by Crippen LogP contribution is -2.48. The van der Waals surface area contributed by atoms with Gasteiger partial charge in [-0.2, -0.15) is 0 Å². The molecule has 0 bridgehead atoms. The molecule has 29 heavy (non-hydrogen) atoms. The van der Waals surface area contributed by atoms with Crippen LogP contribution in [0.4, 0.5) is 5.69 Å². The highest BCUT2D eigenvalue weighted by atomic mass is 16.6. The van der Waals surface area contributed by atoms with Crippen LogP contribution < -0.4 is 30.0 Å². The van der Waals surface area contributed by atoms with Gasteiger partial charge in [0.25, 0.3) is 11.8 Å². The van der Waals surface area contributed by atoms with Gasteiger partial charge in [0.05, 0.1) is 19.2 Å². The first-order chi connectivity index (χ1) is 14.1. The molecular weight excluding hydrogens is 378 g/mol. The summed E-state index contributed by atoms with van der Waals surface area (Å²) in [7, 11) is 1.53. The minimum Gasteiger partial charge on any atom is -0.497 e. The van der Waals surface area contributed by atoms with Crippen LogP contribution >= 0.6 is 0 Å². The summed E-state index contributed by atoms with van der Waals surface area (Å²) >= 11 is 0. The molecule has 2 aromatic carbocycles. The van der Waals surface area contributed by atoms with Crippen molar-refractivity contribution in [1.29, 1.82) is 0 Å². The van der Waals surface area contributed by atoms with E-state index in [-0.39, 0.29) is 12.3 Å². The zero-order chi connectivity index (χ0) is 20.4. The van der Waals surface area contributed by atoms with Gasteiger partial charge in [0, 0.05) is 11.6 Å². The van der Waals surface area contributed by atoms with Gasteiger partial charge in [-0.3, -0.25) is 19.8 Å². The maximum atomic E-state index is 12.7. The Kier molecular flexibility index (Phi) is 5.05. The van der Waals surface area contributed by atoms with Crippen LogP contribution in [0.15, 0.2) is 42.5 Å². The monoisotopic (exact) mass is 397 g/mol. The molecule has 4 rings (SSSR count). The summed E-state index contributed by atoms with van der Waals surface area (Å²) in [4.78, 5) is 38.5. The second-order valence-electron chi connectivity index (χ2n) is 6.48. The highest BCUT2D eigenvalue weighted by Gasteiger charge is 2.40. The Morgan fingerprint density at radius 1 is 1.07 bits per heavy atom. The van der Waals surface area contributed by atoms with Crippen molar-refractivity contribution in [1.82, 2.24) is 10.9 Å². The van der Waals surface area contributed by atoms with E-state index in [0.717, 1.165) is 4.90 Å². The number of anilines is 1. The van der Waals surface area contributed by atoms with Crippen LogP contribution in [0.2, 0.25) is 0 Å². The SMILES string of the molecule is COc1ccc(C(=O)NN[C@@H]2CC(=O)N(c3ccc4c(c3)OCCO4)C2=O)cc1. The molecule has 1 atom stereocenters. The van der Waals surface area contributed by atoms with Gasteiger partial charge in [-0.15, -0.1) is 0 Å². The average Bonchev–Trinajstić information content (AvgIpc) is 3.04. The van der Waals surface area contributed by atoms with Crippen LogP contribution in [0.25, 0.3) is 0 Å². The van der Waals surface area contributed by atoms with Gasteiger partial charge in [-0.1, -0.05) is 0 Å². The third kappa shape index (κ3) is 3.72. The topological polar surface area (TPSA) is 106 Å². The Morgan fingerprint density at radius 2 is 1.79 bits per heavy atom. The smallest absolute Gasteiger partial charge is 0.265 e. The van der Waals surface area contributed by atoms with Crippen LogP contribution in [0.1, 0.15) is 16.8 Å². The number of fused-ring (bicyclic) bond motifs is 1. The number of ether oxygens (including phenoxy) is 3. The molecular formula is C20H19N3O6. The molecule has 0 unspecified atom stereocenters. The number of hydrogen-bond donors (Lipinski definition) is 2. The normalized spacial score (nSPS) is 18.0. The lowest BCUT2D eigenvalue weighted by molar-refractivity contribution is -0.121. The second kappa shape index (κ2) is 7.80. The Balaban J connectivity index is 1.42. The number of nitrogens with zero attached hydrogens (tertiary/aromatic N) is 1. The highest BCUT2D eigenvalue weighted by Crippen LogP contribution is 2.35. The highest BCUT2D eigenvalue weighted by molar-refractivity contribution is 6.22. The van der Waals surface area contributed by atoms with Gasteiger partial charge in [0.15, 0.2) is 11.5 Å². The number of amides is 3. The summed E-state index contributed by atoms with van der Waals surface area (Å²) in [5.41, 5.74) is 5.91. The maximum absolute atomic E-state index is 12.7. The lowest BCUT2D eigenvalue weighted by Gasteiger charge is -2.21. The number of rotatable bonds is 5.